The summed E-state index contributed by atoms with van der Waals surface area (Å²) >= 11 is 12.1. The Bertz CT molecular complexity index is 613. The summed E-state index contributed by atoms with van der Waals surface area (Å²) in [5.74, 6) is 3.18. The number of benzene rings is 1. The Balaban J connectivity index is 1.76. The van der Waals surface area contributed by atoms with Gasteiger partial charge in [-0.25, -0.2) is 4.98 Å². The summed E-state index contributed by atoms with van der Waals surface area (Å²) < 4.78 is 2.27. The number of imidazole rings is 1. The zero-order valence-corrected chi connectivity index (χ0v) is 14.0. The standard InChI is InChI=1S/C17H22Cl2N2/c1-12-2-4-13(5-3-12)8-9-21-16-7-6-14(19)10-15(16)20-17(21)11-18/h6-7,10,12-13H,2-5,8-9,11H2,1H3. The van der Waals surface area contributed by atoms with Crippen LogP contribution in [0.2, 0.25) is 5.02 Å². The molecule has 0 spiro atoms. The Morgan fingerprint density at radius 3 is 2.71 bits per heavy atom. The lowest BCUT2D eigenvalue weighted by Gasteiger charge is -2.26. The minimum absolute atomic E-state index is 0.452. The number of hydrogen-bond donors (Lipinski definition) is 0. The third-order valence-corrected chi connectivity index (χ3v) is 5.28. The highest BCUT2D eigenvalue weighted by molar-refractivity contribution is 6.31. The quantitative estimate of drug-likeness (QED) is 0.665. The summed E-state index contributed by atoms with van der Waals surface area (Å²) in [6.07, 6.45) is 6.73. The highest BCUT2D eigenvalue weighted by atomic mass is 35.5. The third-order valence-electron chi connectivity index (χ3n) is 4.81. The molecule has 0 atom stereocenters. The lowest BCUT2D eigenvalue weighted by molar-refractivity contribution is 0.269. The van der Waals surface area contributed by atoms with Gasteiger partial charge in [0.1, 0.15) is 5.82 Å². The molecule has 1 saturated carbocycles. The molecule has 1 aliphatic carbocycles. The van der Waals surface area contributed by atoms with E-state index in [1.54, 1.807) is 0 Å². The van der Waals surface area contributed by atoms with Crippen molar-refractivity contribution in [2.24, 2.45) is 11.8 Å². The van der Waals surface area contributed by atoms with Crippen molar-refractivity contribution in [3.63, 3.8) is 0 Å². The summed E-state index contributed by atoms with van der Waals surface area (Å²) in [5, 5.41) is 0.731. The molecule has 2 nitrogen and oxygen atoms in total. The van der Waals surface area contributed by atoms with Gasteiger partial charge in [-0.2, -0.15) is 0 Å². The number of nitrogens with zero attached hydrogens (tertiary/aromatic N) is 2. The molecule has 1 aromatic carbocycles. The molecule has 4 heteroatoms. The predicted octanol–water partition coefficient (Wildman–Crippen LogP) is 5.64. The van der Waals surface area contributed by atoms with Crippen molar-refractivity contribution >= 4 is 34.2 Å². The van der Waals surface area contributed by atoms with Gasteiger partial charge in [-0.15, -0.1) is 11.6 Å². The smallest absolute Gasteiger partial charge is 0.124 e. The number of aryl methyl sites for hydroxylation is 1. The second-order valence-electron chi connectivity index (χ2n) is 6.36. The van der Waals surface area contributed by atoms with E-state index in [4.69, 9.17) is 23.2 Å². The van der Waals surface area contributed by atoms with E-state index in [1.165, 1.54) is 32.1 Å². The minimum Gasteiger partial charge on any atom is -0.327 e. The van der Waals surface area contributed by atoms with Crippen LogP contribution in [0.15, 0.2) is 18.2 Å². The van der Waals surface area contributed by atoms with E-state index < -0.39 is 0 Å². The van der Waals surface area contributed by atoms with Gasteiger partial charge in [0.15, 0.2) is 0 Å². The Labute approximate surface area is 136 Å². The Kier molecular flexibility index (Phi) is 4.75. The fraction of sp³-hybridized carbons (Fsp3) is 0.588. The van der Waals surface area contributed by atoms with Gasteiger partial charge in [0, 0.05) is 11.6 Å². The maximum absolute atomic E-state index is 6.07. The van der Waals surface area contributed by atoms with Crippen LogP contribution >= 0.6 is 23.2 Å². The van der Waals surface area contributed by atoms with Crippen LogP contribution in [0.25, 0.3) is 11.0 Å². The fourth-order valence-corrected chi connectivity index (χ4v) is 3.80. The average molecular weight is 325 g/mol. The Hall–Kier alpha value is -0.730. The number of aromatic nitrogens is 2. The molecule has 0 aliphatic heterocycles. The van der Waals surface area contributed by atoms with Crippen LogP contribution in [0.5, 0.6) is 0 Å². The Morgan fingerprint density at radius 2 is 2.00 bits per heavy atom. The highest BCUT2D eigenvalue weighted by Crippen LogP contribution is 2.31. The molecule has 2 aromatic rings. The third kappa shape index (κ3) is 3.37. The van der Waals surface area contributed by atoms with Crippen LogP contribution < -0.4 is 0 Å². The molecule has 3 rings (SSSR count). The van der Waals surface area contributed by atoms with Gasteiger partial charge in [-0.05, 0) is 36.5 Å². The maximum atomic E-state index is 6.07. The van der Waals surface area contributed by atoms with E-state index in [1.807, 2.05) is 12.1 Å². The van der Waals surface area contributed by atoms with Crippen molar-refractivity contribution in [3.8, 4) is 0 Å². The van der Waals surface area contributed by atoms with Crippen molar-refractivity contribution in [1.29, 1.82) is 0 Å². The number of rotatable bonds is 4. The molecule has 0 bridgehead atoms. The van der Waals surface area contributed by atoms with Crippen molar-refractivity contribution in [1.82, 2.24) is 9.55 Å². The molecule has 0 radical (unpaired) electrons. The second kappa shape index (κ2) is 6.58. The summed E-state index contributed by atoms with van der Waals surface area (Å²) in [5.41, 5.74) is 2.11. The number of fused-ring (bicyclic) bond motifs is 1. The zero-order valence-electron chi connectivity index (χ0n) is 12.5. The molecular formula is C17H22Cl2N2. The molecule has 1 aliphatic rings. The van der Waals surface area contributed by atoms with Crippen molar-refractivity contribution in [3.05, 3.63) is 29.0 Å². The summed E-state index contributed by atoms with van der Waals surface area (Å²) in [7, 11) is 0. The van der Waals surface area contributed by atoms with Gasteiger partial charge < -0.3 is 4.57 Å². The molecule has 114 valence electrons. The first-order chi connectivity index (χ1) is 10.2. The largest absolute Gasteiger partial charge is 0.327 e. The minimum atomic E-state index is 0.452. The first-order valence-electron chi connectivity index (χ1n) is 7.88. The van der Waals surface area contributed by atoms with Gasteiger partial charge in [-0.3, -0.25) is 0 Å². The van der Waals surface area contributed by atoms with Crippen LogP contribution in [0, 0.1) is 11.8 Å². The maximum Gasteiger partial charge on any atom is 0.124 e. The van der Waals surface area contributed by atoms with E-state index in [2.05, 4.69) is 22.5 Å². The number of halogens is 2. The number of hydrogen-bond acceptors (Lipinski definition) is 1. The van der Waals surface area contributed by atoms with Crippen molar-refractivity contribution in [2.75, 3.05) is 0 Å². The lowest BCUT2D eigenvalue weighted by atomic mass is 9.81. The molecule has 1 heterocycles. The van der Waals surface area contributed by atoms with E-state index >= 15 is 0 Å². The van der Waals surface area contributed by atoms with Crippen molar-refractivity contribution in [2.45, 2.75) is 51.5 Å². The van der Waals surface area contributed by atoms with E-state index in [9.17, 15) is 0 Å². The van der Waals surface area contributed by atoms with Crippen LogP contribution in [-0.4, -0.2) is 9.55 Å². The van der Waals surface area contributed by atoms with Gasteiger partial charge in [-0.1, -0.05) is 44.2 Å². The fourth-order valence-electron chi connectivity index (χ4n) is 3.43. The molecule has 0 amide bonds. The first kappa shape index (κ1) is 15.2. The molecule has 1 fully saturated rings. The Morgan fingerprint density at radius 1 is 1.24 bits per heavy atom. The average Bonchev–Trinajstić information content (AvgIpc) is 2.83. The molecule has 0 unspecified atom stereocenters. The summed E-state index contributed by atoms with van der Waals surface area (Å²) in [4.78, 5) is 4.61. The van der Waals surface area contributed by atoms with Crippen LogP contribution in [-0.2, 0) is 12.4 Å². The van der Waals surface area contributed by atoms with Gasteiger partial charge in [0.05, 0.1) is 16.9 Å². The van der Waals surface area contributed by atoms with Crippen LogP contribution in [0.3, 0.4) is 0 Å². The molecule has 21 heavy (non-hydrogen) atoms. The monoisotopic (exact) mass is 324 g/mol. The van der Waals surface area contributed by atoms with Gasteiger partial charge >= 0.3 is 0 Å². The second-order valence-corrected chi connectivity index (χ2v) is 7.06. The molecule has 0 saturated heterocycles. The normalized spacial score (nSPS) is 22.8. The predicted molar refractivity (Wildman–Crippen MR) is 90.0 cm³/mol. The molecular weight excluding hydrogens is 303 g/mol. The van der Waals surface area contributed by atoms with Crippen LogP contribution in [0.1, 0.15) is 44.9 Å². The molecule has 1 aromatic heterocycles. The molecule has 0 N–H and O–H groups in total. The summed E-state index contributed by atoms with van der Waals surface area (Å²) in [6.45, 7) is 3.38. The van der Waals surface area contributed by atoms with Crippen molar-refractivity contribution < 1.29 is 0 Å². The topological polar surface area (TPSA) is 17.8 Å². The highest BCUT2D eigenvalue weighted by Gasteiger charge is 2.19. The summed E-state index contributed by atoms with van der Waals surface area (Å²) in [6, 6.07) is 5.91. The van der Waals surface area contributed by atoms with Gasteiger partial charge in [0.25, 0.3) is 0 Å². The lowest BCUT2D eigenvalue weighted by Crippen LogP contribution is -2.15. The zero-order chi connectivity index (χ0) is 14.8. The van der Waals surface area contributed by atoms with Crippen LogP contribution in [0.4, 0.5) is 0 Å². The van der Waals surface area contributed by atoms with E-state index in [-0.39, 0.29) is 0 Å². The van der Waals surface area contributed by atoms with Gasteiger partial charge in [0.2, 0.25) is 0 Å². The first-order valence-corrected chi connectivity index (χ1v) is 8.79. The van der Waals surface area contributed by atoms with E-state index in [0.29, 0.717) is 5.88 Å². The SMILES string of the molecule is CC1CCC(CCn2c(CCl)nc3cc(Cl)ccc32)CC1. The van der Waals surface area contributed by atoms with E-state index in [0.717, 1.165) is 40.3 Å². The number of alkyl halides is 1.